The molecular weight excluding hydrogens is 190 g/mol. The molecule has 0 unspecified atom stereocenters. The Balaban J connectivity index is 2.66. The van der Waals surface area contributed by atoms with Crippen molar-refractivity contribution in [2.75, 3.05) is 6.54 Å². The quantitative estimate of drug-likeness (QED) is 0.801. The Morgan fingerprint density at radius 3 is 2.79 bits per heavy atom. The topological polar surface area (TPSA) is 26.0 Å². The van der Waals surface area contributed by atoms with Gasteiger partial charge in [-0.05, 0) is 48.7 Å². The molecule has 0 aliphatic heterocycles. The molecule has 0 fully saturated rings. The molecule has 0 saturated heterocycles. The maximum Gasteiger partial charge on any atom is 0.0374 e. The van der Waals surface area contributed by atoms with E-state index in [1.807, 2.05) is 11.3 Å². The van der Waals surface area contributed by atoms with E-state index in [1.165, 1.54) is 26.8 Å². The molecule has 0 atom stereocenters. The van der Waals surface area contributed by atoms with Gasteiger partial charge in [-0.25, -0.2) is 0 Å². The molecule has 0 amide bonds. The van der Waals surface area contributed by atoms with Crippen LogP contribution in [0.4, 0.5) is 0 Å². The van der Waals surface area contributed by atoms with Crippen molar-refractivity contribution in [1.29, 1.82) is 0 Å². The number of benzene rings is 1. The molecule has 1 nitrogen and oxygen atoms in total. The molecule has 0 radical (unpaired) electrons. The van der Waals surface area contributed by atoms with Gasteiger partial charge >= 0.3 is 0 Å². The van der Waals surface area contributed by atoms with Crippen molar-refractivity contribution < 1.29 is 0 Å². The van der Waals surface area contributed by atoms with Crippen LogP contribution < -0.4 is 5.73 Å². The van der Waals surface area contributed by atoms with Crippen LogP contribution in [0.15, 0.2) is 17.5 Å². The third-order valence-electron chi connectivity index (χ3n) is 2.50. The summed E-state index contributed by atoms with van der Waals surface area (Å²) in [6.45, 7) is 5.06. The second kappa shape index (κ2) is 3.71. The van der Waals surface area contributed by atoms with E-state index in [-0.39, 0.29) is 0 Å². The fourth-order valence-corrected chi connectivity index (χ4v) is 2.96. The van der Waals surface area contributed by atoms with E-state index < -0.39 is 0 Å². The molecule has 0 spiro atoms. The summed E-state index contributed by atoms with van der Waals surface area (Å²) in [4.78, 5) is 0. The van der Waals surface area contributed by atoms with Gasteiger partial charge in [-0.2, -0.15) is 0 Å². The van der Waals surface area contributed by atoms with Crippen LogP contribution >= 0.6 is 11.3 Å². The molecule has 2 aromatic rings. The van der Waals surface area contributed by atoms with Crippen LogP contribution in [-0.2, 0) is 6.42 Å². The van der Waals surface area contributed by atoms with Gasteiger partial charge in [-0.1, -0.05) is 17.7 Å². The minimum Gasteiger partial charge on any atom is -0.330 e. The Hall–Kier alpha value is -0.860. The number of thiophene rings is 1. The smallest absolute Gasteiger partial charge is 0.0374 e. The second-order valence-corrected chi connectivity index (χ2v) is 4.64. The Labute approximate surface area is 88.6 Å². The minimum atomic E-state index is 0.735. The maximum absolute atomic E-state index is 5.59. The predicted octanol–water partition coefficient (Wildman–Crippen LogP) is 3.02. The van der Waals surface area contributed by atoms with Crippen LogP contribution in [0.1, 0.15) is 16.7 Å². The second-order valence-electron chi connectivity index (χ2n) is 3.76. The van der Waals surface area contributed by atoms with Crippen LogP contribution in [0.2, 0.25) is 0 Å². The Morgan fingerprint density at radius 1 is 1.29 bits per heavy atom. The largest absolute Gasteiger partial charge is 0.330 e. The van der Waals surface area contributed by atoms with E-state index in [0.29, 0.717) is 0 Å². The number of hydrogen-bond acceptors (Lipinski definition) is 2. The summed E-state index contributed by atoms with van der Waals surface area (Å²) in [6.07, 6.45) is 0.989. The van der Waals surface area contributed by atoms with Crippen molar-refractivity contribution >= 4 is 21.4 Å². The molecule has 2 heteroatoms. The van der Waals surface area contributed by atoms with Crippen molar-refractivity contribution in [3.63, 3.8) is 0 Å². The summed E-state index contributed by atoms with van der Waals surface area (Å²) in [5.74, 6) is 0. The monoisotopic (exact) mass is 205 g/mol. The highest BCUT2D eigenvalue weighted by Gasteiger charge is 2.05. The highest BCUT2D eigenvalue weighted by atomic mass is 32.1. The minimum absolute atomic E-state index is 0.735. The third kappa shape index (κ3) is 1.56. The maximum atomic E-state index is 5.59. The van der Waals surface area contributed by atoms with Gasteiger partial charge in [0.05, 0.1) is 0 Å². The van der Waals surface area contributed by atoms with Gasteiger partial charge in [-0.3, -0.25) is 0 Å². The van der Waals surface area contributed by atoms with Crippen molar-refractivity contribution in [3.05, 3.63) is 34.2 Å². The normalized spacial score (nSPS) is 11.1. The van der Waals surface area contributed by atoms with Crippen LogP contribution in [0.25, 0.3) is 10.1 Å². The molecule has 74 valence electrons. The number of nitrogens with two attached hydrogens (primary N) is 1. The number of hydrogen-bond donors (Lipinski definition) is 1. The van der Waals surface area contributed by atoms with Crippen molar-refractivity contribution in [1.82, 2.24) is 0 Å². The lowest BCUT2D eigenvalue weighted by atomic mass is 10.1. The van der Waals surface area contributed by atoms with Crippen molar-refractivity contribution in [3.8, 4) is 0 Å². The van der Waals surface area contributed by atoms with Gasteiger partial charge in [0.25, 0.3) is 0 Å². The molecule has 0 aliphatic carbocycles. The molecule has 2 N–H and O–H groups in total. The summed E-state index contributed by atoms with van der Waals surface area (Å²) in [5, 5.41) is 3.64. The average molecular weight is 205 g/mol. The third-order valence-corrected chi connectivity index (χ3v) is 3.68. The first-order valence-corrected chi connectivity index (χ1v) is 5.77. The highest BCUT2D eigenvalue weighted by molar-refractivity contribution is 7.17. The fourth-order valence-electron chi connectivity index (χ4n) is 1.89. The Morgan fingerprint density at radius 2 is 2.07 bits per heavy atom. The van der Waals surface area contributed by atoms with E-state index in [4.69, 9.17) is 5.73 Å². The zero-order chi connectivity index (χ0) is 10.1. The molecule has 1 aromatic carbocycles. The first kappa shape index (κ1) is 9.69. The first-order chi connectivity index (χ1) is 6.72. The van der Waals surface area contributed by atoms with Crippen LogP contribution in [-0.4, -0.2) is 6.54 Å². The standard InChI is InChI=1S/C12H15NS/c1-8-5-9(2)12-11(6-8)10(3-4-13)7-14-12/h5-7H,3-4,13H2,1-2H3. The summed E-state index contributed by atoms with van der Waals surface area (Å²) in [5.41, 5.74) is 9.72. The molecule has 0 saturated carbocycles. The Kier molecular flexibility index (Phi) is 2.57. The van der Waals surface area contributed by atoms with Gasteiger partial charge < -0.3 is 5.73 Å². The van der Waals surface area contributed by atoms with Gasteiger partial charge in [0, 0.05) is 4.70 Å². The van der Waals surface area contributed by atoms with Crippen LogP contribution in [0.5, 0.6) is 0 Å². The van der Waals surface area contributed by atoms with Gasteiger partial charge in [0.1, 0.15) is 0 Å². The molecule has 2 rings (SSSR count). The predicted molar refractivity (Wildman–Crippen MR) is 64.1 cm³/mol. The number of rotatable bonds is 2. The Bertz CT molecular complexity index is 457. The zero-order valence-corrected chi connectivity index (χ0v) is 9.45. The average Bonchev–Trinajstić information content (AvgIpc) is 2.49. The SMILES string of the molecule is Cc1cc(C)c2scc(CCN)c2c1. The summed E-state index contributed by atoms with van der Waals surface area (Å²) >= 11 is 1.83. The molecule has 0 aliphatic rings. The zero-order valence-electron chi connectivity index (χ0n) is 8.63. The molecule has 0 bridgehead atoms. The van der Waals surface area contributed by atoms with E-state index in [1.54, 1.807) is 0 Å². The highest BCUT2D eigenvalue weighted by Crippen LogP contribution is 2.30. The molecule has 14 heavy (non-hydrogen) atoms. The van der Waals surface area contributed by atoms with Crippen molar-refractivity contribution in [2.45, 2.75) is 20.3 Å². The van der Waals surface area contributed by atoms with E-state index in [9.17, 15) is 0 Å². The van der Waals surface area contributed by atoms with Crippen LogP contribution in [0, 0.1) is 13.8 Å². The lowest BCUT2D eigenvalue weighted by molar-refractivity contribution is 0.981. The fraction of sp³-hybridized carbons (Fsp3) is 0.333. The first-order valence-electron chi connectivity index (χ1n) is 4.90. The van der Waals surface area contributed by atoms with E-state index in [0.717, 1.165) is 13.0 Å². The summed E-state index contributed by atoms with van der Waals surface area (Å²) in [7, 11) is 0. The molecule has 1 aromatic heterocycles. The lowest BCUT2D eigenvalue weighted by Gasteiger charge is -2.01. The van der Waals surface area contributed by atoms with Crippen molar-refractivity contribution in [2.24, 2.45) is 5.73 Å². The van der Waals surface area contributed by atoms with Gasteiger partial charge in [0.15, 0.2) is 0 Å². The van der Waals surface area contributed by atoms with Gasteiger partial charge in [0.2, 0.25) is 0 Å². The number of aryl methyl sites for hydroxylation is 2. The lowest BCUT2D eigenvalue weighted by Crippen LogP contribution is -2.01. The summed E-state index contributed by atoms with van der Waals surface area (Å²) < 4.78 is 1.42. The number of fused-ring (bicyclic) bond motifs is 1. The molecule has 1 heterocycles. The summed E-state index contributed by atoms with van der Waals surface area (Å²) in [6, 6.07) is 4.51. The van der Waals surface area contributed by atoms with Crippen LogP contribution in [0.3, 0.4) is 0 Å². The molecular formula is C12H15NS. The van der Waals surface area contributed by atoms with Gasteiger partial charge in [-0.15, -0.1) is 11.3 Å². The van der Waals surface area contributed by atoms with E-state index >= 15 is 0 Å². The van der Waals surface area contributed by atoms with E-state index in [2.05, 4.69) is 31.4 Å².